The van der Waals surface area contributed by atoms with E-state index in [0.717, 1.165) is 4.90 Å². The number of carboxylic acid groups (broad SMARTS) is 1. The second kappa shape index (κ2) is 5.56. The quantitative estimate of drug-likeness (QED) is 0.806. The minimum absolute atomic E-state index is 0.0843. The monoisotopic (exact) mass is 299 g/mol. The first-order chi connectivity index (χ1) is 9.32. The number of halogens is 1. The molecule has 0 spiro atoms. The first-order valence-electron chi connectivity index (χ1n) is 6.77. The van der Waals surface area contributed by atoms with Gasteiger partial charge in [-0.15, -0.1) is 0 Å². The van der Waals surface area contributed by atoms with Crippen molar-refractivity contribution in [2.24, 2.45) is 17.8 Å². The summed E-state index contributed by atoms with van der Waals surface area (Å²) in [6.45, 7) is 3.73. The zero-order valence-corrected chi connectivity index (χ0v) is 12.3. The van der Waals surface area contributed by atoms with Crippen molar-refractivity contribution in [3.05, 3.63) is 11.1 Å². The maximum Gasteiger partial charge on any atom is 0.326 e. The Morgan fingerprint density at radius 1 is 1.40 bits per heavy atom. The van der Waals surface area contributed by atoms with E-state index in [4.69, 9.17) is 11.6 Å². The number of amides is 2. The first-order valence-corrected chi connectivity index (χ1v) is 7.15. The van der Waals surface area contributed by atoms with Crippen molar-refractivity contribution in [1.82, 2.24) is 4.90 Å². The number of likely N-dealkylation sites (tertiary alicyclic amines) is 1. The molecule has 2 amide bonds. The smallest absolute Gasteiger partial charge is 0.326 e. The van der Waals surface area contributed by atoms with E-state index in [1.165, 1.54) is 0 Å². The Hall–Kier alpha value is -1.36. The van der Waals surface area contributed by atoms with Crippen LogP contribution >= 0.6 is 11.6 Å². The first kappa shape index (κ1) is 15.0. The second-order valence-corrected chi connectivity index (χ2v) is 6.32. The Balaban J connectivity index is 2.27. The number of fused-ring (bicyclic) bond motifs is 1. The average molecular weight is 300 g/mol. The van der Waals surface area contributed by atoms with E-state index >= 15 is 0 Å². The van der Waals surface area contributed by atoms with Gasteiger partial charge in [-0.2, -0.15) is 0 Å². The van der Waals surface area contributed by atoms with E-state index in [9.17, 15) is 19.5 Å². The minimum Gasteiger partial charge on any atom is -0.480 e. The van der Waals surface area contributed by atoms with Gasteiger partial charge in [-0.3, -0.25) is 14.5 Å². The fraction of sp³-hybridized carbons (Fsp3) is 0.643. The fourth-order valence-corrected chi connectivity index (χ4v) is 3.18. The van der Waals surface area contributed by atoms with Crippen molar-refractivity contribution in [2.75, 3.05) is 0 Å². The summed E-state index contributed by atoms with van der Waals surface area (Å²) < 4.78 is 0. The number of imide groups is 1. The van der Waals surface area contributed by atoms with Crippen molar-refractivity contribution < 1.29 is 19.5 Å². The van der Waals surface area contributed by atoms with Crippen LogP contribution in [0.1, 0.15) is 33.1 Å². The molecule has 20 heavy (non-hydrogen) atoms. The third-order valence-electron chi connectivity index (χ3n) is 3.89. The Kier molecular flexibility index (Phi) is 4.18. The molecule has 1 fully saturated rings. The van der Waals surface area contributed by atoms with Crippen LogP contribution in [0.2, 0.25) is 0 Å². The lowest BCUT2D eigenvalue weighted by Gasteiger charge is -2.24. The van der Waals surface area contributed by atoms with Crippen molar-refractivity contribution >= 4 is 29.4 Å². The summed E-state index contributed by atoms with van der Waals surface area (Å²) in [5, 5.41) is 9.89. The molecule has 6 heteroatoms. The third kappa shape index (κ3) is 2.59. The number of hydrogen-bond donors (Lipinski definition) is 1. The summed E-state index contributed by atoms with van der Waals surface area (Å²) in [6.07, 6.45) is 2.77. The topological polar surface area (TPSA) is 74.7 Å². The van der Waals surface area contributed by atoms with Crippen LogP contribution in [0, 0.1) is 17.8 Å². The number of aliphatic carboxylic acids is 1. The molecule has 0 bridgehead atoms. The Morgan fingerprint density at radius 3 is 2.55 bits per heavy atom. The molecular weight excluding hydrogens is 282 g/mol. The highest BCUT2D eigenvalue weighted by atomic mass is 35.5. The molecule has 1 N–H and O–H groups in total. The second-order valence-electron chi connectivity index (χ2n) is 5.83. The van der Waals surface area contributed by atoms with Crippen LogP contribution in [-0.2, 0) is 14.4 Å². The zero-order valence-electron chi connectivity index (χ0n) is 11.5. The Morgan fingerprint density at radius 2 is 2.00 bits per heavy atom. The summed E-state index contributed by atoms with van der Waals surface area (Å²) >= 11 is 5.93. The van der Waals surface area contributed by atoms with Crippen LogP contribution in [0.15, 0.2) is 11.1 Å². The molecule has 5 nitrogen and oxygen atoms in total. The highest BCUT2D eigenvalue weighted by molar-refractivity contribution is 6.30. The van der Waals surface area contributed by atoms with E-state index in [1.54, 1.807) is 6.08 Å². The summed E-state index contributed by atoms with van der Waals surface area (Å²) in [5.74, 6) is -2.74. The van der Waals surface area contributed by atoms with Crippen LogP contribution in [0.3, 0.4) is 0 Å². The molecule has 0 aromatic carbocycles. The van der Waals surface area contributed by atoms with E-state index < -0.39 is 23.8 Å². The number of allylic oxidation sites excluding steroid dienone is 2. The molecule has 0 unspecified atom stereocenters. The highest BCUT2D eigenvalue weighted by Gasteiger charge is 2.52. The number of rotatable bonds is 4. The fourth-order valence-electron chi connectivity index (χ4n) is 2.92. The predicted octanol–water partition coefficient (Wildman–Crippen LogP) is 2.00. The Labute approximate surface area is 122 Å². The maximum atomic E-state index is 12.4. The molecule has 3 atom stereocenters. The number of hydrogen-bond acceptors (Lipinski definition) is 3. The lowest BCUT2D eigenvalue weighted by atomic mass is 9.85. The van der Waals surface area contributed by atoms with Gasteiger partial charge in [-0.25, -0.2) is 4.79 Å². The molecule has 0 aromatic rings. The standard InChI is InChI=1S/C14H18ClNO4/c1-7(2)5-11(14(19)20)16-12(17)9-4-3-8(15)6-10(9)13(16)18/h3,7,9-11H,4-6H2,1-2H3,(H,19,20)/t9-,10-,11-/m0/s1. The summed E-state index contributed by atoms with van der Waals surface area (Å²) in [4.78, 5) is 37.1. The van der Waals surface area contributed by atoms with Crippen molar-refractivity contribution in [2.45, 2.75) is 39.2 Å². The molecular formula is C14H18ClNO4. The number of carboxylic acids is 1. The lowest BCUT2D eigenvalue weighted by molar-refractivity contribution is -0.155. The van der Waals surface area contributed by atoms with Gasteiger partial charge in [0.15, 0.2) is 0 Å². The molecule has 1 heterocycles. The van der Waals surface area contributed by atoms with Gasteiger partial charge in [0.05, 0.1) is 11.8 Å². The van der Waals surface area contributed by atoms with E-state index in [0.29, 0.717) is 17.9 Å². The van der Waals surface area contributed by atoms with E-state index in [1.807, 2.05) is 13.8 Å². The van der Waals surface area contributed by atoms with Gasteiger partial charge in [0, 0.05) is 5.03 Å². The van der Waals surface area contributed by atoms with Crippen LogP contribution in [0.4, 0.5) is 0 Å². The number of nitrogens with zero attached hydrogens (tertiary/aromatic N) is 1. The summed E-state index contributed by atoms with van der Waals surface area (Å²) in [7, 11) is 0. The molecule has 0 aromatic heterocycles. The van der Waals surface area contributed by atoms with Crippen LogP contribution < -0.4 is 0 Å². The summed E-state index contributed by atoms with van der Waals surface area (Å²) in [5.41, 5.74) is 0. The highest BCUT2D eigenvalue weighted by Crippen LogP contribution is 2.40. The molecule has 1 saturated heterocycles. The van der Waals surface area contributed by atoms with Gasteiger partial charge in [-0.05, 0) is 25.2 Å². The molecule has 0 saturated carbocycles. The van der Waals surface area contributed by atoms with Gasteiger partial charge in [0.25, 0.3) is 0 Å². The van der Waals surface area contributed by atoms with Crippen LogP contribution in [0.25, 0.3) is 0 Å². The Bertz CT molecular complexity index is 486. The number of carbonyl (C=O) groups excluding carboxylic acids is 2. The molecule has 0 radical (unpaired) electrons. The molecule has 2 aliphatic rings. The van der Waals surface area contributed by atoms with E-state index in [2.05, 4.69) is 0 Å². The normalized spacial score (nSPS) is 27.6. The maximum absolute atomic E-state index is 12.4. The van der Waals surface area contributed by atoms with Gasteiger partial charge in [0.1, 0.15) is 6.04 Å². The van der Waals surface area contributed by atoms with Gasteiger partial charge >= 0.3 is 5.97 Å². The van der Waals surface area contributed by atoms with Crippen molar-refractivity contribution in [3.63, 3.8) is 0 Å². The number of carbonyl (C=O) groups is 3. The third-order valence-corrected chi connectivity index (χ3v) is 4.20. The minimum atomic E-state index is -1.13. The van der Waals surface area contributed by atoms with Gasteiger partial charge in [-0.1, -0.05) is 31.5 Å². The molecule has 110 valence electrons. The molecule has 1 aliphatic heterocycles. The largest absolute Gasteiger partial charge is 0.480 e. The zero-order chi connectivity index (χ0) is 15.0. The lowest BCUT2D eigenvalue weighted by Crippen LogP contribution is -2.46. The average Bonchev–Trinajstić information content (AvgIpc) is 2.58. The predicted molar refractivity (Wildman–Crippen MR) is 72.9 cm³/mol. The van der Waals surface area contributed by atoms with Crippen LogP contribution in [-0.4, -0.2) is 33.8 Å². The van der Waals surface area contributed by atoms with Crippen molar-refractivity contribution in [3.8, 4) is 0 Å². The van der Waals surface area contributed by atoms with E-state index in [-0.39, 0.29) is 24.2 Å². The van der Waals surface area contributed by atoms with Crippen LogP contribution in [0.5, 0.6) is 0 Å². The van der Waals surface area contributed by atoms with Crippen molar-refractivity contribution in [1.29, 1.82) is 0 Å². The van der Waals surface area contributed by atoms with Gasteiger partial charge < -0.3 is 5.11 Å². The molecule has 2 rings (SSSR count). The summed E-state index contributed by atoms with van der Waals surface area (Å²) in [6, 6.07) is -1.07. The molecule has 1 aliphatic carbocycles. The van der Waals surface area contributed by atoms with Gasteiger partial charge in [0.2, 0.25) is 11.8 Å². The SMILES string of the molecule is CC(C)C[C@@H](C(=O)O)N1C(=O)[C@H]2CC=C(Cl)C[C@@H]2C1=O.